The first-order chi connectivity index (χ1) is 5.72. The van der Waals surface area contributed by atoms with Gasteiger partial charge in [-0.05, 0) is 0 Å². The molecule has 2 nitrogen and oxygen atoms in total. The number of thiazole rings is 1. The van der Waals surface area contributed by atoms with E-state index in [4.69, 9.17) is 16.7 Å². The summed E-state index contributed by atoms with van der Waals surface area (Å²) in [6, 6.07) is 0. The average molecular weight is 224 g/mol. The molecule has 1 aromatic rings. The van der Waals surface area contributed by atoms with Gasteiger partial charge < -0.3 is 5.11 Å². The lowest BCUT2D eigenvalue weighted by atomic mass is 10.5. The Morgan fingerprint density at radius 1 is 1.83 bits per heavy atom. The van der Waals surface area contributed by atoms with Crippen LogP contribution in [0.15, 0.2) is 6.20 Å². The van der Waals surface area contributed by atoms with Gasteiger partial charge in [0.1, 0.15) is 0 Å². The molecule has 0 amide bonds. The fraction of sp³-hybridized carbons (Fsp3) is 0.571. The molecular weight excluding hydrogens is 214 g/mol. The van der Waals surface area contributed by atoms with Crippen LogP contribution in [-0.4, -0.2) is 21.9 Å². The summed E-state index contributed by atoms with van der Waals surface area (Å²) in [5, 5.41) is 9.04. The molecule has 1 atom stereocenters. The zero-order chi connectivity index (χ0) is 8.97. The molecule has 0 aliphatic carbocycles. The molecule has 1 aromatic heterocycles. The van der Waals surface area contributed by atoms with Crippen LogP contribution >= 0.6 is 34.7 Å². The van der Waals surface area contributed by atoms with E-state index in [1.54, 1.807) is 18.0 Å². The third-order valence-electron chi connectivity index (χ3n) is 1.29. The highest BCUT2D eigenvalue weighted by atomic mass is 35.5. The van der Waals surface area contributed by atoms with Crippen molar-refractivity contribution in [2.75, 3.05) is 6.61 Å². The van der Waals surface area contributed by atoms with Gasteiger partial charge >= 0.3 is 0 Å². The van der Waals surface area contributed by atoms with Crippen molar-refractivity contribution in [2.45, 2.75) is 17.9 Å². The van der Waals surface area contributed by atoms with E-state index in [9.17, 15) is 0 Å². The van der Waals surface area contributed by atoms with Crippen LogP contribution in [-0.2, 0) is 5.75 Å². The summed E-state index contributed by atoms with van der Waals surface area (Å²) >= 11 is 8.86. The van der Waals surface area contributed by atoms with Gasteiger partial charge in [-0.15, -0.1) is 11.3 Å². The monoisotopic (exact) mass is 223 g/mol. The van der Waals surface area contributed by atoms with Crippen molar-refractivity contribution in [1.82, 2.24) is 4.98 Å². The lowest BCUT2D eigenvalue weighted by Crippen LogP contribution is -2.01. The number of hydrogen-bond acceptors (Lipinski definition) is 4. The van der Waals surface area contributed by atoms with Crippen molar-refractivity contribution >= 4 is 34.7 Å². The van der Waals surface area contributed by atoms with Gasteiger partial charge in [-0.25, -0.2) is 4.98 Å². The minimum absolute atomic E-state index is 0.219. The molecule has 68 valence electrons. The van der Waals surface area contributed by atoms with Gasteiger partial charge in [0.2, 0.25) is 0 Å². The SMILES string of the molecule is CC(CO)SCc1cnc(Cl)s1. The van der Waals surface area contributed by atoms with E-state index in [1.165, 1.54) is 11.3 Å². The highest BCUT2D eigenvalue weighted by Crippen LogP contribution is 2.24. The summed E-state index contributed by atoms with van der Waals surface area (Å²) in [4.78, 5) is 5.09. The van der Waals surface area contributed by atoms with Crippen LogP contribution in [0, 0.1) is 0 Å². The van der Waals surface area contributed by atoms with E-state index < -0.39 is 0 Å². The number of aliphatic hydroxyl groups is 1. The van der Waals surface area contributed by atoms with Crippen molar-refractivity contribution in [3.05, 3.63) is 15.5 Å². The summed E-state index contributed by atoms with van der Waals surface area (Å²) < 4.78 is 0.585. The Labute approximate surface area is 85.0 Å². The average Bonchev–Trinajstić information content (AvgIpc) is 2.47. The number of aliphatic hydroxyl groups excluding tert-OH is 1. The van der Waals surface area contributed by atoms with Gasteiger partial charge in [-0.1, -0.05) is 18.5 Å². The molecule has 12 heavy (non-hydrogen) atoms. The van der Waals surface area contributed by atoms with Crippen LogP contribution in [0.1, 0.15) is 11.8 Å². The van der Waals surface area contributed by atoms with Crippen molar-refractivity contribution in [1.29, 1.82) is 0 Å². The van der Waals surface area contributed by atoms with Gasteiger partial charge in [0.15, 0.2) is 4.47 Å². The highest BCUT2D eigenvalue weighted by molar-refractivity contribution is 7.99. The highest BCUT2D eigenvalue weighted by Gasteiger charge is 2.03. The summed E-state index contributed by atoms with van der Waals surface area (Å²) in [5.41, 5.74) is 0. The Hall–Kier alpha value is 0.230. The zero-order valence-corrected chi connectivity index (χ0v) is 9.05. The Morgan fingerprint density at radius 3 is 3.08 bits per heavy atom. The number of nitrogens with zero attached hydrogens (tertiary/aromatic N) is 1. The quantitative estimate of drug-likeness (QED) is 0.851. The van der Waals surface area contributed by atoms with Gasteiger partial charge in [0.05, 0.1) is 6.61 Å². The van der Waals surface area contributed by atoms with Crippen LogP contribution < -0.4 is 0 Å². The Morgan fingerprint density at radius 2 is 2.58 bits per heavy atom. The van der Waals surface area contributed by atoms with Crippen LogP contribution in [0.5, 0.6) is 0 Å². The molecular formula is C7H10ClNOS2. The standard InChI is InChI=1S/C7H10ClNOS2/c1-5(3-10)11-4-6-2-9-7(8)12-6/h2,5,10H,3-4H2,1H3. The summed E-state index contributed by atoms with van der Waals surface area (Å²) in [5.74, 6) is 0.881. The van der Waals surface area contributed by atoms with Crippen LogP contribution in [0.3, 0.4) is 0 Å². The van der Waals surface area contributed by atoms with E-state index in [-0.39, 0.29) is 11.9 Å². The maximum atomic E-state index is 8.76. The van der Waals surface area contributed by atoms with Crippen molar-refractivity contribution < 1.29 is 5.11 Å². The van der Waals surface area contributed by atoms with E-state index in [2.05, 4.69) is 4.98 Å². The minimum atomic E-state index is 0.219. The second kappa shape index (κ2) is 5.07. The summed E-state index contributed by atoms with van der Waals surface area (Å²) in [7, 11) is 0. The Bertz CT molecular complexity index is 241. The number of hydrogen-bond donors (Lipinski definition) is 1. The topological polar surface area (TPSA) is 33.1 Å². The first-order valence-corrected chi connectivity index (χ1v) is 5.79. The lowest BCUT2D eigenvalue weighted by Gasteiger charge is -2.04. The van der Waals surface area contributed by atoms with Gasteiger partial charge in [-0.2, -0.15) is 11.8 Å². The molecule has 5 heteroatoms. The molecule has 0 aromatic carbocycles. The second-order valence-corrected chi connectivity index (χ2v) is 5.51. The predicted molar refractivity (Wildman–Crippen MR) is 55.0 cm³/mol. The molecule has 0 spiro atoms. The van der Waals surface area contributed by atoms with Crippen LogP contribution in [0.2, 0.25) is 4.47 Å². The van der Waals surface area contributed by atoms with Gasteiger partial charge in [-0.3, -0.25) is 0 Å². The Balaban J connectivity index is 2.33. The molecule has 1 heterocycles. The fourth-order valence-electron chi connectivity index (χ4n) is 0.627. The lowest BCUT2D eigenvalue weighted by molar-refractivity contribution is 0.300. The molecule has 0 fully saturated rings. The van der Waals surface area contributed by atoms with E-state index in [0.717, 1.165) is 10.6 Å². The van der Waals surface area contributed by atoms with E-state index >= 15 is 0 Å². The van der Waals surface area contributed by atoms with Gasteiger partial charge in [0, 0.05) is 22.1 Å². The van der Waals surface area contributed by atoms with E-state index in [1.807, 2.05) is 6.92 Å². The smallest absolute Gasteiger partial charge is 0.183 e. The Kier molecular flexibility index (Phi) is 4.35. The van der Waals surface area contributed by atoms with E-state index in [0.29, 0.717) is 4.47 Å². The molecule has 1 rings (SSSR count). The molecule has 0 aliphatic heterocycles. The molecule has 0 saturated carbocycles. The zero-order valence-electron chi connectivity index (χ0n) is 6.66. The largest absolute Gasteiger partial charge is 0.395 e. The molecule has 0 saturated heterocycles. The number of aromatic nitrogens is 1. The molecule has 1 N–H and O–H groups in total. The first-order valence-electron chi connectivity index (χ1n) is 3.55. The summed E-state index contributed by atoms with van der Waals surface area (Å²) in [6.07, 6.45) is 1.78. The second-order valence-electron chi connectivity index (χ2n) is 2.38. The maximum Gasteiger partial charge on any atom is 0.183 e. The van der Waals surface area contributed by atoms with Crippen molar-refractivity contribution in [3.63, 3.8) is 0 Å². The van der Waals surface area contributed by atoms with Crippen molar-refractivity contribution in [2.24, 2.45) is 0 Å². The normalized spacial score (nSPS) is 13.2. The number of halogens is 1. The fourth-order valence-corrected chi connectivity index (χ4v) is 2.47. The third kappa shape index (κ3) is 3.31. The molecule has 0 aliphatic rings. The van der Waals surface area contributed by atoms with Crippen LogP contribution in [0.25, 0.3) is 0 Å². The molecule has 1 unspecified atom stereocenters. The summed E-state index contributed by atoms with van der Waals surface area (Å²) in [6.45, 7) is 2.21. The van der Waals surface area contributed by atoms with Crippen LogP contribution in [0.4, 0.5) is 0 Å². The van der Waals surface area contributed by atoms with Crippen molar-refractivity contribution in [3.8, 4) is 0 Å². The number of rotatable bonds is 4. The molecule has 0 radical (unpaired) electrons. The predicted octanol–water partition coefficient (Wildman–Crippen LogP) is 2.41. The third-order valence-corrected chi connectivity index (χ3v) is 3.79. The maximum absolute atomic E-state index is 8.76. The minimum Gasteiger partial charge on any atom is -0.395 e. The molecule has 0 bridgehead atoms. The van der Waals surface area contributed by atoms with Gasteiger partial charge in [0.25, 0.3) is 0 Å². The number of thioether (sulfide) groups is 1. The first kappa shape index (κ1) is 10.3.